The van der Waals surface area contributed by atoms with Gasteiger partial charge in [-0.1, -0.05) is 68.9 Å². The molecule has 5 amide bonds. The van der Waals surface area contributed by atoms with Crippen LogP contribution >= 0.6 is 11.6 Å². The summed E-state index contributed by atoms with van der Waals surface area (Å²) in [6, 6.07) is 3.63. The number of oxime groups is 1. The molecule has 1 spiro atoms. The number of nitrogens with zero attached hydrogens (tertiary/aromatic N) is 2. The van der Waals surface area contributed by atoms with E-state index in [1.54, 1.807) is 12.1 Å². The number of halogens is 1. The third-order valence-electron chi connectivity index (χ3n) is 9.42. The normalized spacial score (nSPS) is 23.8. The third-order valence-corrected chi connectivity index (χ3v) is 9.66. The number of carbonyl (C=O) groups is 5. The van der Waals surface area contributed by atoms with Crippen LogP contribution in [0.25, 0.3) is 0 Å². The molecule has 4 aliphatic rings. The van der Waals surface area contributed by atoms with Crippen molar-refractivity contribution >= 4 is 46.8 Å². The van der Waals surface area contributed by atoms with E-state index in [0.717, 1.165) is 37.7 Å². The zero-order valence-electron chi connectivity index (χ0n) is 28.8. The number of rotatable bonds is 10. The zero-order chi connectivity index (χ0) is 35.0. The molecule has 1 aromatic rings. The first-order chi connectivity index (χ1) is 22.4. The lowest BCUT2D eigenvalue weighted by Gasteiger charge is -2.36. The molecule has 2 saturated carbocycles. The van der Waals surface area contributed by atoms with Gasteiger partial charge in [0.2, 0.25) is 17.6 Å². The lowest BCUT2D eigenvalue weighted by molar-refractivity contribution is -0.144. The molecule has 3 fully saturated rings. The fraction of sp³-hybridized carbons (Fsp3) is 0.657. The number of benzene rings is 1. The lowest BCUT2D eigenvalue weighted by Crippen LogP contribution is -2.61. The maximum Gasteiger partial charge on any atom is 0.315 e. The maximum atomic E-state index is 14.5. The van der Waals surface area contributed by atoms with Gasteiger partial charge in [0.05, 0.1) is 18.3 Å². The summed E-state index contributed by atoms with van der Waals surface area (Å²) in [7, 11) is 0. The summed E-state index contributed by atoms with van der Waals surface area (Å²) in [6.45, 7) is 11.1. The van der Waals surface area contributed by atoms with Gasteiger partial charge in [0, 0.05) is 35.0 Å². The molecule has 2 heterocycles. The highest BCUT2D eigenvalue weighted by Crippen LogP contribution is 2.40. The van der Waals surface area contributed by atoms with E-state index in [9.17, 15) is 24.0 Å². The Bertz CT molecular complexity index is 1480. The van der Waals surface area contributed by atoms with E-state index in [4.69, 9.17) is 16.4 Å². The molecule has 1 unspecified atom stereocenters. The Labute approximate surface area is 287 Å². The van der Waals surface area contributed by atoms with Crippen LogP contribution in [0.3, 0.4) is 0 Å². The summed E-state index contributed by atoms with van der Waals surface area (Å²) in [4.78, 5) is 75.5. The van der Waals surface area contributed by atoms with Gasteiger partial charge in [-0.15, -0.1) is 0 Å². The number of ketones is 1. The topological polar surface area (TPSA) is 158 Å². The van der Waals surface area contributed by atoms with Crippen LogP contribution in [0.2, 0.25) is 5.02 Å². The molecule has 5 rings (SSSR count). The number of hydrogen-bond donors (Lipinski definition) is 4. The average molecular weight is 685 g/mol. The van der Waals surface area contributed by atoms with Crippen molar-refractivity contribution in [2.24, 2.45) is 16.5 Å². The molecular formula is C35H49ClN6O6. The molecule has 12 nitrogen and oxygen atoms in total. The minimum Gasteiger partial charge on any atom is -0.387 e. The SMILES string of the molecule is CC(C)(C)NC(=O)N[C@H](C(=O)N1C[C@@]2(CC(c3cccc(Cl)c3)=NO2)C[C@H]1C(=O)NC(CC1CCC1)C(=O)C(=O)NC1CC1)C(C)(C)C. The monoisotopic (exact) mass is 684 g/mol. The predicted molar refractivity (Wildman–Crippen MR) is 181 cm³/mol. The van der Waals surface area contributed by atoms with Gasteiger partial charge in [-0.2, -0.15) is 0 Å². The standard InChI is InChI=1S/C35H49ClN6O6/c1-33(2,3)28(39-32(47)40-34(4,5)6)31(46)42-19-35(17-25(41-48-35)21-11-8-12-22(36)16-21)18-26(42)29(44)38-24(15-20-9-7-10-20)27(43)30(45)37-23-13-14-23/h8,11-12,16,20,23-24,26,28H,7,9-10,13-15,17-19H2,1-6H3,(H,37,45)(H,38,44)(H2,39,40,47)/t24?,26-,28+,35+/m0/s1. The molecule has 13 heteroatoms. The fourth-order valence-electron chi connectivity index (χ4n) is 6.48. The van der Waals surface area contributed by atoms with E-state index in [1.165, 1.54) is 4.90 Å². The van der Waals surface area contributed by atoms with Crippen LogP contribution < -0.4 is 21.3 Å². The molecule has 0 bridgehead atoms. The van der Waals surface area contributed by atoms with Crippen molar-refractivity contribution in [3.8, 4) is 0 Å². The van der Waals surface area contributed by atoms with E-state index in [0.29, 0.717) is 23.6 Å². The number of carbonyl (C=O) groups excluding carboxylic acids is 5. The highest BCUT2D eigenvalue weighted by molar-refractivity contribution is 6.38. The molecule has 2 aliphatic carbocycles. The highest BCUT2D eigenvalue weighted by atomic mass is 35.5. The maximum absolute atomic E-state index is 14.5. The molecule has 0 aromatic heterocycles. The van der Waals surface area contributed by atoms with Gasteiger partial charge in [0.25, 0.3) is 5.91 Å². The van der Waals surface area contributed by atoms with Gasteiger partial charge < -0.3 is 31.0 Å². The molecule has 48 heavy (non-hydrogen) atoms. The Morgan fingerprint density at radius 3 is 2.33 bits per heavy atom. The van der Waals surface area contributed by atoms with Crippen molar-refractivity contribution in [3.63, 3.8) is 0 Å². The Morgan fingerprint density at radius 2 is 1.75 bits per heavy atom. The minimum absolute atomic E-state index is 0.00479. The number of urea groups is 1. The number of amides is 5. The van der Waals surface area contributed by atoms with Crippen LogP contribution in [0, 0.1) is 11.3 Å². The van der Waals surface area contributed by atoms with Crippen LogP contribution in [0.4, 0.5) is 4.79 Å². The molecule has 2 aliphatic heterocycles. The Kier molecular flexibility index (Phi) is 10.2. The Morgan fingerprint density at radius 1 is 1.04 bits per heavy atom. The first kappa shape index (κ1) is 35.6. The Hall–Kier alpha value is -3.67. The molecule has 0 radical (unpaired) electrons. The van der Waals surface area contributed by atoms with Crippen molar-refractivity contribution in [1.82, 2.24) is 26.2 Å². The van der Waals surface area contributed by atoms with Crippen LogP contribution in [0.5, 0.6) is 0 Å². The summed E-state index contributed by atoms with van der Waals surface area (Å²) in [5.41, 5.74) is -0.898. The molecule has 4 atom stereocenters. The average Bonchev–Trinajstić information content (AvgIpc) is 3.56. The number of hydrogen-bond acceptors (Lipinski definition) is 7. The van der Waals surface area contributed by atoms with Gasteiger partial charge in [-0.05, 0) is 63.5 Å². The van der Waals surface area contributed by atoms with Crippen molar-refractivity contribution in [3.05, 3.63) is 34.9 Å². The number of likely N-dealkylation sites (tertiary alicyclic amines) is 1. The second-order valence-corrected chi connectivity index (χ2v) is 16.5. The van der Waals surface area contributed by atoms with Crippen molar-refractivity contribution in [1.29, 1.82) is 0 Å². The molecule has 1 saturated heterocycles. The minimum atomic E-state index is -1.05. The first-order valence-electron chi connectivity index (χ1n) is 17.0. The fourth-order valence-corrected chi connectivity index (χ4v) is 6.67. The quantitative estimate of drug-likeness (QED) is 0.274. The summed E-state index contributed by atoms with van der Waals surface area (Å²) >= 11 is 6.24. The van der Waals surface area contributed by atoms with Crippen molar-refractivity contribution in [2.75, 3.05) is 6.54 Å². The molecule has 4 N–H and O–H groups in total. The van der Waals surface area contributed by atoms with Crippen LogP contribution in [-0.2, 0) is 24.0 Å². The molecular weight excluding hydrogens is 636 g/mol. The van der Waals surface area contributed by atoms with E-state index >= 15 is 0 Å². The van der Waals surface area contributed by atoms with Gasteiger partial charge in [0.15, 0.2) is 5.60 Å². The summed E-state index contributed by atoms with van der Waals surface area (Å²) < 4.78 is 0. The summed E-state index contributed by atoms with van der Waals surface area (Å²) in [5, 5.41) is 16.2. The number of Topliss-reactive ketones (excluding diaryl/α,β-unsaturated/α-hetero) is 1. The largest absolute Gasteiger partial charge is 0.387 e. The van der Waals surface area contributed by atoms with Gasteiger partial charge >= 0.3 is 6.03 Å². The van der Waals surface area contributed by atoms with Crippen molar-refractivity contribution < 1.29 is 28.8 Å². The van der Waals surface area contributed by atoms with Crippen LogP contribution in [0.1, 0.15) is 98.5 Å². The van der Waals surface area contributed by atoms with E-state index in [2.05, 4.69) is 26.4 Å². The van der Waals surface area contributed by atoms with Crippen LogP contribution in [-0.4, -0.2) is 82.0 Å². The summed E-state index contributed by atoms with van der Waals surface area (Å²) in [5.74, 6) is -2.16. The predicted octanol–water partition coefficient (Wildman–Crippen LogP) is 3.84. The van der Waals surface area contributed by atoms with Gasteiger partial charge in [0.1, 0.15) is 12.1 Å². The lowest BCUT2D eigenvalue weighted by atomic mass is 9.80. The van der Waals surface area contributed by atoms with Crippen LogP contribution in [0.15, 0.2) is 29.4 Å². The van der Waals surface area contributed by atoms with E-state index in [1.807, 2.05) is 53.7 Å². The molecule has 1 aromatic carbocycles. The first-order valence-corrected chi connectivity index (χ1v) is 17.4. The second kappa shape index (κ2) is 13.7. The van der Waals surface area contributed by atoms with E-state index < -0.39 is 64.2 Å². The number of nitrogens with one attached hydrogen (secondary N) is 4. The third kappa shape index (κ3) is 8.67. The highest BCUT2D eigenvalue weighted by Gasteiger charge is 2.56. The van der Waals surface area contributed by atoms with Gasteiger partial charge in [-0.25, -0.2) is 4.79 Å². The van der Waals surface area contributed by atoms with Gasteiger partial charge in [-0.3, -0.25) is 19.2 Å². The van der Waals surface area contributed by atoms with Crippen molar-refractivity contribution in [2.45, 2.75) is 128 Å². The zero-order valence-corrected chi connectivity index (χ0v) is 29.5. The second-order valence-electron chi connectivity index (χ2n) is 16.0. The van der Waals surface area contributed by atoms with E-state index in [-0.39, 0.29) is 24.9 Å². The molecule has 262 valence electrons. The Balaban J connectivity index is 1.41. The summed E-state index contributed by atoms with van der Waals surface area (Å²) in [6.07, 6.45) is 5.31. The smallest absolute Gasteiger partial charge is 0.315 e.